The van der Waals surface area contributed by atoms with E-state index >= 15 is 0 Å². The van der Waals surface area contributed by atoms with Crippen LogP contribution in [0, 0.1) is 0 Å². The van der Waals surface area contributed by atoms with Gasteiger partial charge in [-0.2, -0.15) is 0 Å². The zero-order chi connectivity index (χ0) is 15.8. The lowest BCUT2D eigenvalue weighted by Crippen LogP contribution is -2.35. The number of benzene rings is 1. The molecule has 2 aromatic rings. The molecule has 0 radical (unpaired) electrons. The molecule has 0 unspecified atom stereocenters. The summed E-state index contributed by atoms with van der Waals surface area (Å²) in [5.41, 5.74) is 2.19. The Morgan fingerprint density at radius 1 is 1.27 bits per heavy atom. The maximum atomic E-state index is 11.7. The Balaban J connectivity index is 1.65. The van der Waals surface area contributed by atoms with E-state index in [0.29, 0.717) is 24.8 Å². The molecule has 0 spiro atoms. The zero-order valence-electron chi connectivity index (χ0n) is 13.1. The molecule has 1 heterocycles. The summed E-state index contributed by atoms with van der Waals surface area (Å²) in [6.45, 7) is 5.16. The molecule has 2 rings (SSSR count). The monoisotopic (exact) mass is 301 g/mol. The second-order valence-electron chi connectivity index (χ2n) is 5.35. The van der Waals surface area contributed by atoms with E-state index in [9.17, 15) is 4.79 Å². The van der Waals surface area contributed by atoms with Gasteiger partial charge in [0.05, 0.1) is 12.2 Å². The molecule has 22 heavy (non-hydrogen) atoms. The van der Waals surface area contributed by atoms with Crippen LogP contribution < -0.4 is 10.6 Å². The van der Waals surface area contributed by atoms with Crippen molar-refractivity contribution in [2.75, 3.05) is 6.54 Å². The maximum absolute atomic E-state index is 11.7. The quantitative estimate of drug-likeness (QED) is 0.825. The number of hydrogen-bond donors (Lipinski definition) is 2. The van der Waals surface area contributed by atoms with Gasteiger partial charge in [0.2, 0.25) is 0 Å². The molecule has 5 heteroatoms. The highest BCUT2D eigenvalue weighted by Crippen LogP contribution is 2.17. The smallest absolute Gasteiger partial charge is 0.315 e. The van der Waals surface area contributed by atoms with Crippen LogP contribution in [0.3, 0.4) is 0 Å². The van der Waals surface area contributed by atoms with Gasteiger partial charge < -0.3 is 15.2 Å². The number of carbonyl (C=O) groups is 1. The van der Waals surface area contributed by atoms with Crippen molar-refractivity contribution in [2.45, 2.75) is 39.2 Å². The third-order valence-electron chi connectivity index (χ3n) is 3.62. The van der Waals surface area contributed by atoms with E-state index in [-0.39, 0.29) is 6.03 Å². The first kappa shape index (κ1) is 16.1. The maximum Gasteiger partial charge on any atom is 0.315 e. The van der Waals surface area contributed by atoms with Crippen molar-refractivity contribution in [2.24, 2.45) is 0 Å². The van der Waals surface area contributed by atoms with E-state index in [1.165, 1.54) is 5.56 Å². The zero-order valence-corrected chi connectivity index (χ0v) is 13.1. The minimum absolute atomic E-state index is 0.185. The Morgan fingerprint density at radius 2 is 2.05 bits per heavy atom. The van der Waals surface area contributed by atoms with Crippen molar-refractivity contribution in [3.05, 3.63) is 53.4 Å². The van der Waals surface area contributed by atoms with Crippen molar-refractivity contribution < 1.29 is 9.32 Å². The minimum atomic E-state index is -0.185. The van der Waals surface area contributed by atoms with Gasteiger partial charge in [0.25, 0.3) is 0 Å². The average molecular weight is 301 g/mol. The SMILES string of the molecule is CCc1cc(CNC(=O)NCC[C@@H](C)c2ccccc2)on1. The molecule has 0 aliphatic heterocycles. The predicted molar refractivity (Wildman–Crippen MR) is 85.6 cm³/mol. The molecule has 1 aromatic heterocycles. The number of nitrogens with one attached hydrogen (secondary N) is 2. The van der Waals surface area contributed by atoms with Gasteiger partial charge in [0.15, 0.2) is 5.76 Å². The van der Waals surface area contributed by atoms with Gasteiger partial charge in [-0.1, -0.05) is 49.3 Å². The third kappa shape index (κ3) is 4.91. The Bertz CT molecular complexity index is 581. The van der Waals surface area contributed by atoms with E-state index in [0.717, 1.165) is 18.5 Å². The molecule has 0 bridgehead atoms. The molecule has 0 aliphatic carbocycles. The van der Waals surface area contributed by atoms with E-state index < -0.39 is 0 Å². The summed E-state index contributed by atoms with van der Waals surface area (Å²) in [5.74, 6) is 1.09. The molecular formula is C17H23N3O2. The van der Waals surface area contributed by atoms with Crippen LogP contribution >= 0.6 is 0 Å². The molecule has 2 N–H and O–H groups in total. The Morgan fingerprint density at radius 3 is 2.73 bits per heavy atom. The molecule has 1 atom stereocenters. The second kappa shape index (κ2) is 8.22. The molecule has 118 valence electrons. The molecule has 0 fully saturated rings. The number of urea groups is 1. The molecule has 0 aliphatic rings. The lowest BCUT2D eigenvalue weighted by molar-refractivity contribution is 0.238. The number of carbonyl (C=O) groups excluding carboxylic acids is 1. The first-order valence-electron chi connectivity index (χ1n) is 7.70. The van der Waals surface area contributed by atoms with E-state index in [4.69, 9.17) is 4.52 Å². The lowest BCUT2D eigenvalue weighted by Gasteiger charge is -2.12. The summed E-state index contributed by atoms with van der Waals surface area (Å²) < 4.78 is 5.11. The average Bonchev–Trinajstić information content (AvgIpc) is 3.02. The van der Waals surface area contributed by atoms with Crippen LogP contribution in [-0.4, -0.2) is 17.7 Å². The number of aromatic nitrogens is 1. The van der Waals surface area contributed by atoms with Gasteiger partial charge in [-0.05, 0) is 24.3 Å². The highest BCUT2D eigenvalue weighted by atomic mass is 16.5. The third-order valence-corrected chi connectivity index (χ3v) is 3.62. The van der Waals surface area contributed by atoms with Crippen molar-refractivity contribution in [3.8, 4) is 0 Å². The first-order valence-corrected chi connectivity index (χ1v) is 7.70. The number of aryl methyl sites for hydroxylation is 1. The predicted octanol–water partition coefficient (Wildman–Crippen LogP) is 3.23. The normalized spacial score (nSPS) is 11.9. The second-order valence-corrected chi connectivity index (χ2v) is 5.35. The standard InChI is InChI=1S/C17H23N3O2/c1-3-15-11-16(22-20-15)12-19-17(21)18-10-9-13(2)14-7-5-4-6-8-14/h4-8,11,13H,3,9-10,12H2,1-2H3,(H2,18,19,21)/t13-/m1/s1. The van der Waals surface area contributed by atoms with E-state index in [2.05, 4.69) is 34.8 Å². The van der Waals surface area contributed by atoms with Crippen molar-refractivity contribution in [3.63, 3.8) is 0 Å². The largest absolute Gasteiger partial charge is 0.359 e. The van der Waals surface area contributed by atoms with Crippen LogP contribution in [0.1, 0.15) is 43.2 Å². The summed E-state index contributed by atoms with van der Waals surface area (Å²) >= 11 is 0. The lowest BCUT2D eigenvalue weighted by atomic mass is 9.98. The fourth-order valence-electron chi connectivity index (χ4n) is 2.19. The van der Waals surface area contributed by atoms with Crippen LogP contribution in [-0.2, 0) is 13.0 Å². The van der Waals surface area contributed by atoms with Crippen LogP contribution in [0.4, 0.5) is 4.79 Å². The van der Waals surface area contributed by atoms with Crippen molar-refractivity contribution in [1.82, 2.24) is 15.8 Å². The molecule has 5 nitrogen and oxygen atoms in total. The molecule has 1 aromatic carbocycles. The summed E-state index contributed by atoms with van der Waals surface area (Å²) in [4.78, 5) is 11.7. The Kier molecular flexibility index (Phi) is 6.01. The van der Waals surface area contributed by atoms with Crippen molar-refractivity contribution in [1.29, 1.82) is 0 Å². The summed E-state index contributed by atoms with van der Waals surface area (Å²) in [5, 5.41) is 9.51. The number of amides is 2. The molecule has 0 saturated heterocycles. The van der Waals surface area contributed by atoms with Gasteiger partial charge in [0.1, 0.15) is 0 Å². The van der Waals surface area contributed by atoms with Gasteiger partial charge in [-0.15, -0.1) is 0 Å². The van der Waals surface area contributed by atoms with E-state index in [1.54, 1.807) is 0 Å². The fraction of sp³-hybridized carbons (Fsp3) is 0.412. The fourth-order valence-corrected chi connectivity index (χ4v) is 2.19. The van der Waals surface area contributed by atoms with Crippen molar-refractivity contribution >= 4 is 6.03 Å². The number of rotatable bonds is 7. The van der Waals surface area contributed by atoms with E-state index in [1.807, 2.05) is 31.2 Å². The molecule has 0 saturated carbocycles. The highest BCUT2D eigenvalue weighted by molar-refractivity contribution is 5.73. The van der Waals surface area contributed by atoms with Gasteiger partial charge >= 0.3 is 6.03 Å². The highest BCUT2D eigenvalue weighted by Gasteiger charge is 2.07. The first-order chi connectivity index (χ1) is 10.7. The van der Waals surface area contributed by atoms with Crippen LogP contribution in [0.15, 0.2) is 40.9 Å². The minimum Gasteiger partial charge on any atom is -0.359 e. The van der Waals surface area contributed by atoms with Crippen LogP contribution in [0.5, 0.6) is 0 Å². The van der Waals surface area contributed by atoms with Gasteiger partial charge in [-0.3, -0.25) is 0 Å². The Hall–Kier alpha value is -2.30. The Labute approximate surface area is 131 Å². The summed E-state index contributed by atoms with van der Waals surface area (Å²) in [6, 6.07) is 12.0. The summed E-state index contributed by atoms with van der Waals surface area (Å²) in [6.07, 6.45) is 1.73. The van der Waals surface area contributed by atoms with Crippen LogP contribution in [0.25, 0.3) is 0 Å². The molecular weight excluding hydrogens is 278 g/mol. The van der Waals surface area contributed by atoms with Gasteiger partial charge in [-0.25, -0.2) is 4.79 Å². The summed E-state index contributed by atoms with van der Waals surface area (Å²) in [7, 11) is 0. The topological polar surface area (TPSA) is 67.2 Å². The van der Waals surface area contributed by atoms with Crippen LogP contribution in [0.2, 0.25) is 0 Å². The van der Waals surface area contributed by atoms with Gasteiger partial charge in [0, 0.05) is 12.6 Å². The number of hydrogen-bond acceptors (Lipinski definition) is 3. The molecule has 2 amide bonds. The number of nitrogens with zero attached hydrogens (tertiary/aromatic N) is 1.